The van der Waals surface area contributed by atoms with Crippen molar-refractivity contribution in [2.24, 2.45) is 0 Å². The van der Waals surface area contributed by atoms with Gasteiger partial charge in [-0.25, -0.2) is 0 Å². The zero-order valence-corrected chi connectivity index (χ0v) is 8.31. The standard InChI is InChI=1S/C9H9Cl2NO/c10-8-4-6(12)5-9(11)7(8)2-1-3-13/h1-2,4-5,13H,3,12H2. The summed E-state index contributed by atoms with van der Waals surface area (Å²) in [5, 5.41) is 9.53. The van der Waals surface area contributed by atoms with Gasteiger partial charge in [0.1, 0.15) is 0 Å². The number of nitrogens with two attached hydrogens (primary N) is 1. The Labute approximate surface area is 86.6 Å². The van der Waals surface area contributed by atoms with Gasteiger partial charge in [-0.05, 0) is 12.1 Å². The molecule has 1 aromatic carbocycles. The Morgan fingerprint density at radius 1 is 1.31 bits per heavy atom. The van der Waals surface area contributed by atoms with Crippen LogP contribution in [-0.4, -0.2) is 11.7 Å². The first kappa shape index (κ1) is 10.4. The van der Waals surface area contributed by atoms with E-state index >= 15 is 0 Å². The van der Waals surface area contributed by atoms with Crippen molar-refractivity contribution in [1.82, 2.24) is 0 Å². The molecule has 0 aromatic heterocycles. The van der Waals surface area contributed by atoms with Crippen molar-refractivity contribution < 1.29 is 5.11 Å². The van der Waals surface area contributed by atoms with Crippen LogP contribution in [0.25, 0.3) is 6.08 Å². The number of halogens is 2. The monoisotopic (exact) mass is 217 g/mol. The molecule has 0 aliphatic heterocycles. The fraction of sp³-hybridized carbons (Fsp3) is 0.111. The zero-order chi connectivity index (χ0) is 9.84. The summed E-state index contributed by atoms with van der Waals surface area (Å²) < 4.78 is 0. The molecule has 2 nitrogen and oxygen atoms in total. The molecule has 70 valence electrons. The fourth-order valence-corrected chi connectivity index (χ4v) is 1.56. The van der Waals surface area contributed by atoms with E-state index in [1.165, 1.54) is 0 Å². The minimum absolute atomic E-state index is 0.0446. The first-order chi connectivity index (χ1) is 6.15. The normalized spacial score (nSPS) is 11.0. The van der Waals surface area contributed by atoms with Gasteiger partial charge in [0, 0.05) is 11.3 Å². The van der Waals surface area contributed by atoms with Gasteiger partial charge in [0.2, 0.25) is 0 Å². The van der Waals surface area contributed by atoms with Gasteiger partial charge in [-0.2, -0.15) is 0 Å². The maximum absolute atomic E-state index is 8.57. The van der Waals surface area contributed by atoms with Crippen LogP contribution < -0.4 is 5.73 Å². The molecule has 0 fully saturated rings. The number of aliphatic hydroxyl groups is 1. The first-order valence-electron chi connectivity index (χ1n) is 3.67. The molecule has 3 N–H and O–H groups in total. The van der Waals surface area contributed by atoms with E-state index in [9.17, 15) is 0 Å². The second-order valence-electron chi connectivity index (χ2n) is 2.48. The van der Waals surface area contributed by atoms with Crippen molar-refractivity contribution in [2.45, 2.75) is 0 Å². The van der Waals surface area contributed by atoms with E-state index in [2.05, 4.69) is 0 Å². The van der Waals surface area contributed by atoms with Crippen LogP contribution in [0.1, 0.15) is 5.56 Å². The van der Waals surface area contributed by atoms with Crippen molar-refractivity contribution in [1.29, 1.82) is 0 Å². The molecule has 0 bridgehead atoms. The predicted octanol–water partition coefficient (Wildman–Crippen LogP) is 2.58. The number of hydrogen-bond donors (Lipinski definition) is 2. The number of hydrogen-bond acceptors (Lipinski definition) is 2. The van der Waals surface area contributed by atoms with Gasteiger partial charge in [0.05, 0.1) is 16.7 Å². The summed E-state index contributed by atoms with van der Waals surface area (Å²) in [7, 11) is 0. The number of rotatable bonds is 2. The summed E-state index contributed by atoms with van der Waals surface area (Å²) in [5.74, 6) is 0. The third kappa shape index (κ3) is 2.62. The maximum atomic E-state index is 8.57. The summed E-state index contributed by atoms with van der Waals surface area (Å²) in [5.41, 5.74) is 6.71. The van der Waals surface area contributed by atoms with Crippen LogP contribution >= 0.6 is 23.2 Å². The van der Waals surface area contributed by atoms with Gasteiger partial charge in [-0.1, -0.05) is 35.4 Å². The lowest BCUT2D eigenvalue weighted by Crippen LogP contribution is -1.87. The second kappa shape index (κ2) is 4.51. The van der Waals surface area contributed by atoms with E-state index < -0.39 is 0 Å². The van der Waals surface area contributed by atoms with Crippen molar-refractivity contribution >= 4 is 35.0 Å². The molecule has 0 unspecified atom stereocenters. The van der Waals surface area contributed by atoms with Crippen LogP contribution in [0.4, 0.5) is 5.69 Å². The van der Waals surface area contributed by atoms with Gasteiger partial charge in [-0.3, -0.25) is 0 Å². The lowest BCUT2D eigenvalue weighted by atomic mass is 10.2. The smallest absolute Gasteiger partial charge is 0.0615 e. The molecule has 0 radical (unpaired) electrons. The molecule has 0 aliphatic carbocycles. The quantitative estimate of drug-likeness (QED) is 0.749. The highest BCUT2D eigenvalue weighted by Crippen LogP contribution is 2.28. The van der Waals surface area contributed by atoms with Gasteiger partial charge in [-0.15, -0.1) is 0 Å². The van der Waals surface area contributed by atoms with E-state index in [0.717, 1.165) is 0 Å². The average molecular weight is 218 g/mol. The van der Waals surface area contributed by atoms with Crippen LogP contribution in [0.3, 0.4) is 0 Å². The molecule has 4 heteroatoms. The SMILES string of the molecule is Nc1cc(Cl)c(C=CCO)c(Cl)c1. The second-order valence-corrected chi connectivity index (χ2v) is 3.30. The molecule has 0 saturated carbocycles. The van der Waals surface area contributed by atoms with E-state index in [1.807, 2.05) is 0 Å². The summed E-state index contributed by atoms with van der Waals surface area (Å²) in [6.45, 7) is -0.0446. The minimum atomic E-state index is -0.0446. The number of benzene rings is 1. The highest BCUT2D eigenvalue weighted by atomic mass is 35.5. The Balaban J connectivity index is 3.13. The van der Waals surface area contributed by atoms with Crippen LogP contribution in [-0.2, 0) is 0 Å². The summed E-state index contributed by atoms with van der Waals surface area (Å²) in [6, 6.07) is 3.23. The molecule has 1 aromatic rings. The topological polar surface area (TPSA) is 46.2 Å². The lowest BCUT2D eigenvalue weighted by Gasteiger charge is -2.02. The molecule has 0 spiro atoms. The maximum Gasteiger partial charge on any atom is 0.0615 e. The minimum Gasteiger partial charge on any atom is -0.399 e. The Kier molecular flexibility index (Phi) is 3.60. The van der Waals surface area contributed by atoms with Gasteiger partial charge >= 0.3 is 0 Å². The summed E-state index contributed by atoms with van der Waals surface area (Å²) >= 11 is 11.7. The highest BCUT2D eigenvalue weighted by Gasteiger charge is 2.03. The van der Waals surface area contributed by atoms with Gasteiger partial charge in [0.15, 0.2) is 0 Å². The molecule has 0 atom stereocenters. The lowest BCUT2D eigenvalue weighted by molar-refractivity contribution is 0.343. The first-order valence-corrected chi connectivity index (χ1v) is 4.42. The summed E-state index contributed by atoms with van der Waals surface area (Å²) in [4.78, 5) is 0. The van der Waals surface area contributed by atoms with Crippen molar-refractivity contribution in [3.63, 3.8) is 0 Å². The Hall–Kier alpha value is -0.700. The number of aliphatic hydroxyl groups excluding tert-OH is 1. The fourth-order valence-electron chi connectivity index (χ4n) is 0.934. The number of anilines is 1. The number of nitrogen functional groups attached to an aromatic ring is 1. The third-order valence-corrected chi connectivity index (χ3v) is 2.12. The van der Waals surface area contributed by atoms with E-state index in [-0.39, 0.29) is 6.61 Å². The van der Waals surface area contributed by atoms with E-state index in [1.54, 1.807) is 24.3 Å². The third-order valence-electron chi connectivity index (χ3n) is 1.49. The van der Waals surface area contributed by atoms with Crippen LogP contribution in [0.5, 0.6) is 0 Å². The molecular formula is C9H9Cl2NO. The molecule has 0 amide bonds. The molecule has 0 heterocycles. The average Bonchev–Trinajstić information content (AvgIpc) is 2.02. The molecule has 0 saturated heterocycles. The van der Waals surface area contributed by atoms with Crippen LogP contribution in [0, 0.1) is 0 Å². The van der Waals surface area contributed by atoms with Gasteiger partial charge in [0.25, 0.3) is 0 Å². The Morgan fingerprint density at radius 3 is 2.31 bits per heavy atom. The van der Waals surface area contributed by atoms with Crippen molar-refractivity contribution in [2.75, 3.05) is 12.3 Å². The van der Waals surface area contributed by atoms with Crippen molar-refractivity contribution in [3.05, 3.63) is 33.8 Å². The Morgan fingerprint density at radius 2 is 1.85 bits per heavy atom. The van der Waals surface area contributed by atoms with Crippen molar-refractivity contribution in [3.8, 4) is 0 Å². The molecular weight excluding hydrogens is 209 g/mol. The largest absolute Gasteiger partial charge is 0.399 e. The molecule has 13 heavy (non-hydrogen) atoms. The van der Waals surface area contributed by atoms with E-state index in [0.29, 0.717) is 21.3 Å². The zero-order valence-electron chi connectivity index (χ0n) is 6.80. The Bertz CT molecular complexity index is 313. The molecule has 0 aliphatic rings. The summed E-state index contributed by atoms with van der Waals surface area (Å²) in [6.07, 6.45) is 3.22. The van der Waals surface area contributed by atoms with Gasteiger partial charge < -0.3 is 10.8 Å². The predicted molar refractivity (Wildman–Crippen MR) is 57.0 cm³/mol. The highest BCUT2D eigenvalue weighted by molar-refractivity contribution is 6.37. The van der Waals surface area contributed by atoms with E-state index in [4.69, 9.17) is 34.0 Å². The molecule has 1 rings (SSSR count). The van der Waals surface area contributed by atoms with Crippen LogP contribution in [0.2, 0.25) is 10.0 Å². The van der Waals surface area contributed by atoms with Crippen LogP contribution in [0.15, 0.2) is 18.2 Å².